The number of quaternary nitrogens is 1. The fraction of sp³-hybridized carbons (Fsp3) is 0.650. The number of hydrogen-bond donors (Lipinski definition) is 0. The number of rotatable bonds is 48. The third kappa shape index (κ3) is 51.6. The number of carboxylic acids is 1. The summed E-state index contributed by atoms with van der Waals surface area (Å²) in [6, 6.07) is 0. The van der Waals surface area contributed by atoms with Crippen molar-refractivity contribution in [2.24, 2.45) is 0 Å². The Labute approximate surface area is 422 Å². The van der Waals surface area contributed by atoms with Crippen LogP contribution in [0.4, 0.5) is 0 Å². The number of hydrogen-bond acceptors (Lipinski definition) is 8. The summed E-state index contributed by atoms with van der Waals surface area (Å²) in [6.45, 7) is 4.55. The molecule has 0 aromatic carbocycles. The maximum Gasteiger partial charge on any atom is 0.306 e. The number of carbonyl (C=O) groups is 3. The normalized spacial score (nSPS) is 13.7. The van der Waals surface area contributed by atoms with Gasteiger partial charge in [-0.05, 0) is 77.0 Å². The molecule has 0 aliphatic rings. The maximum atomic E-state index is 12.8. The number of esters is 2. The highest BCUT2D eigenvalue weighted by molar-refractivity contribution is 5.70. The molecule has 0 aromatic heterocycles. The van der Waals surface area contributed by atoms with Gasteiger partial charge in [-0.2, -0.15) is 0 Å². The van der Waals surface area contributed by atoms with E-state index in [4.69, 9.17) is 18.9 Å². The van der Waals surface area contributed by atoms with Crippen molar-refractivity contribution in [3.63, 3.8) is 0 Å². The lowest BCUT2D eigenvalue weighted by Gasteiger charge is -2.26. The Balaban J connectivity index is 4.43. The Morgan fingerprint density at radius 2 is 0.826 bits per heavy atom. The molecule has 2 atom stereocenters. The smallest absolute Gasteiger partial charge is 0.306 e. The molecule has 392 valence electrons. The predicted octanol–water partition coefficient (Wildman–Crippen LogP) is 14.2. The van der Waals surface area contributed by atoms with Gasteiger partial charge in [0.1, 0.15) is 13.2 Å². The average Bonchev–Trinajstić information content (AvgIpc) is 3.31. The van der Waals surface area contributed by atoms with Gasteiger partial charge in [0, 0.05) is 12.8 Å². The summed E-state index contributed by atoms with van der Waals surface area (Å²) in [4.78, 5) is 37.1. The van der Waals surface area contributed by atoms with Crippen LogP contribution < -0.4 is 5.11 Å². The Morgan fingerprint density at radius 3 is 1.22 bits per heavy atom. The van der Waals surface area contributed by atoms with E-state index < -0.39 is 24.3 Å². The summed E-state index contributed by atoms with van der Waals surface area (Å²) in [7, 11) is 5.89. The molecule has 69 heavy (non-hydrogen) atoms. The zero-order valence-corrected chi connectivity index (χ0v) is 44.4. The molecule has 2 unspecified atom stereocenters. The molecule has 9 nitrogen and oxygen atoms in total. The van der Waals surface area contributed by atoms with Gasteiger partial charge in [-0.15, -0.1) is 0 Å². The molecule has 0 rings (SSSR count). The lowest BCUT2D eigenvalue weighted by Crippen LogP contribution is -2.44. The van der Waals surface area contributed by atoms with Gasteiger partial charge in [0.15, 0.2) is 12.4 Å². The molecule has 0 N–H and O–H groups in total. The molecule has 0 saturated heterocycles. The monoisotopic (exact) mass is 962 g/mol. The van der Waals surface area contributed by atoms with E-state index in [0.29, 0.717) is 23.9 Å². The summed E-state index contributed by atoms with van der Waals surface area (Å²) >= 11 is 0. The first-order valence-corrected chi connectivity index (χ1v) is 27.0. The molecule has 0 heterocycles. The first-order chi connectivity index (χ1) is 33.6. The second-order valence-corrected chi connectivity index (χ2v) is 18.8. The molecule has 0 fully saturated rings. The number of carbonyl (C=O) groups excluding carboxylic acids is 3. The van der Waals surface area contributed by atoms with Crippen molar-refractivity contribution < 1.29 is 42.9 Å². The molecule has 0 aliphatic carbocycles. The third-order valence-electron chi connectivity index (χ3n) is 11.0. The van der Waals surface area contributed by atoms with Gasteiger partial charge in [0.05, 0.1) is 40.3 Å². The van der Waals surface area contributed by atoms with Gasteiger partial charge >= 0.3 is 11.9 Å². The van der Waals surface area contributed by atoms with Crippen molar-refractivity contribution in [1.82, 2.24) is 0 Å². The van der Waals surface area contributed by atoms with Crippen LogP contribution >= 0.6 is 0 Å². The Kier molecular flexibility index (Phi) is 47.4. The van der Waals surface area contributed by atoms with E-state index in [1.165, 1.54) is 77.0 Å². The molecule has 0 aromatic rings. The Hall–Kier alpha value is -4.05. The molecule has 0 bridgehead atoms. The standard InChI is InChI=1S/C60H99NO8/c1-6-8-10-12-14-16-18-20-22-23-24-25-26-27-28-29-30-31-32-33-34-35-37-39-41-43-45-47-49-51-58(63)69-56(55-68-60(59(64)65)66-53-52-61(3,4)5)54-67-57(62)50-48-46-44-42-40-38-36-21-19-17-15-13-11-9-7-2/h8,10,14,16,20,22,24-25,27-28,30-31,33-34,37,39,43,45,56,60H,6-7,9,11-13,15,17-19,21,23,26,29,32,35-36,38,40-42,44,46-55H2,1-5H3/b10-8-,16-14-,22-20-,25-24-,28-27-,31-30-,34-33-,39-37-,45-43-. The Bertz CT molecular complexity index is 1490. The van der Waals surface area contributed by atoms with Crippen molar-refractivity contribution in [3.05, 3.63) is 109 Å². The van der Waals surface area contributed by atoms with E-state index in [2.05, 4.69) is 117 Å². The number of aliphatic carboxylic acids is 1. The highest BCUT2D eigenvalue weighted by atomic mass is 16.7. The van der Waals surface area contributed by atoms with Crippen molar-refractivity contribution in [3.8, 4) is 0 Å². The number of allylic oxidation sites excluding steroid dienone is 18. The number of unbranched alkanes of at least 4 members (excludes halogenated alkanes) is 15. The Morgan fingerprint density at radius 1 is 0.449 bits per heavy atom. The van der Waals surface area contributed by atoms with Gasteiger partial charge in [0.25, 0.3) is 0 Å². The van der Waals surface area contributed by atoms with Gasteiger partial charge in [-0.1, -0.05) is 213 Å². The lowest BCUT2D eigenvalue weighted by molar-refractivity contribution is -0.870. The topological polar surface area (TPSA) is 111 Å². The number of carboxylic acid groups (broad SMARTS) is 1. The van der Waals surface area contributed by atoms with Crippen LogP contribution in [-0.2, 0) is 33.3 Å². The third-order valence-corrected chi connectivity index (χ3v) is 11.0. The van der Waals surface area contributed by atoms with Crippen molar-refractivity contribution in [2.75, 3.05) is 47.5 Å². The van der Waals surface area contributed by atoms with Crippen molar-refractivity contribution in [1.29, 1.82) is 0 Å². The minimum absolute atomic E-state index is 0.132. The fourth-order valence-electron chi connectivity index (χ4n) is 6.89. The molecule has 0 amide bonds. The highest BCUT2D eigenvalue weighted by Gasteiger charge is 2.21. The fourth-order valence-corrected chi connectivity index (χ4v) is 6.89. The largest absolute Gasteiger partial charge is 0.545 e. The quantitative estimate of drug-likeness (QED) is 0.0195. The van der Waals surface area contributed by atoms with E-state index in [0.717, 1.165) is 77.0 Å². The van der Waals surface area contributed by atoms with E-state index in [1.807, 2.05) is 27.2 Å². The molecular weight excluding hydrogens is 863 g/mol. The van der Waals surface area contributed by atoms with E-state index in [-0.39, 0.29) is 38.6 Å². The number of ether oxygens (including phenoxy) is 4. The first kappa shape index (κ1) is 65.0. The summed E-state index contributed by atoms with van der Waals surface area (Å²) < 4.78 is 22.6. The van der Waals surface area contributed by atoms with Crippen LogP contribution in [0.3, 0.4) is 0 Å². The van der Waals surface area contributed by atoms with Crippen LogP contribution in [0.15, 0.2) is 109 Å². The van der Waals surface area contributed by atoms with E-state index in [9.17, 15) is 19.5 Å². The summed E-state index contributed by atoms with van der Waals surface area (Å²) in [5, 5.41) is 11.7. The summed E-state index contributed by atoms with van der Waals surface area (Å²) in [5.41, 5.74) is 0. The van der Waals surface area contributed by atoms with Crippen LogP contribution in [0.1, 0.15) is 194 Å². The van der Waals surface area contributed by atoms with E-state index >= 15 is 0 Å². The summed E-state index contributed by atoms with van der Waals surface area (Å²) in [6.07, 6.45) is 65.7. The van der Waals surface area contributed by atoms with Crippen molar-refractivity contribution in [2.45, 2.75) is 206 Å². The van der Waals surface area contributed by atoms with Gasteiger partial charge in [-0.25, -0.2) is 0 Å². The number of nitrogens with zero attached hydrogens (tertiary/aromatic N) is 1. The highest BCUT2D eigenvalue weighted by Crippen LogP contribution is 2.14. The minimum Gasteiger partial charge on any atom is -0.545 e. The number of likely N-dealkylation sites (N-methyl/N-ethyl adjacent to an activating group) is 1. The molecule has 0 radical (unpaired) electrons. The molecule has 9 heteroatoms. The van der Waals surface area contributed by atoms with E-state index in [1.54, 1.807) is 0 Å². The predicted molar refractivity (Wildman–Crippen MR) is 287 cm³/mol. The van der Waals surface area contributed by atoms with Gasteiger partial charge in [-0.3, -0.25) is 9.59 Å². The second-order valence-electron chi connectivity index (χ2n) is 18.8. The van der Waals surface area contributed by atoms with Crippen LogP contribution in [0.2, 0.25) is 0 Å². The van der Waals surface area contributed by atoms with Gasteiger partial charge in [0.2, 0.25) is 0 Å². The van der Waals surface area contributed by atoms with Crippen LogP contribution in [-0.4, -0.2) is 82.3 Å². The van der Waals surface area contributed by atoms with Crippen molar-refractivity contribution >= 4 is 17.9 Å². The average molecular weight is 962 g/mol. The zero-order valence-electron chi connectivity index (χ0n) is 44.4. The second kappa shape index (κ2) is 50.3. The lowest BCUT2D eigenvalue weighted by atomic mass is 10.0. The van der Waals surface area contributed by atoms with Crippen LogP contribution in [0.25, 0.3) is 0 Å². The molecule has 0 saturated carbocycles. The van der Waals surface area contributed by atoms with Crippen LogP contribution in [0, 0.1) is 0 Å². The zero-order chi connectivity index (χ0) is 50.6. The minimum atomic E-state index is -1.64. The molecule has 0 aliphatic heterocycles. The van der Waals surface area contributed by atoms with Gasteiger partial charge < -0.3 is 33.3 Å². The first-order valence-electron chi connectivity index (χ1n) is 27.0. The summed E-state index contributed by atoms with van der Waals surface area (Å²) in [5.74, 6) is -2.37. The molecule has 0 spiro atoms. The molecular formula is C60H99NO8. The maximum absolute atomic E-state index is 12.8. The SMILES string of the molecule is CC/C=C\C/C=C\C/C=C\C/C=C\C/C=C\C/C=C\C/C=C\C/C=C\C/C=C\CCCC(=O)OC(COC(=O)CCCCCCCCCCCCCCCCC)COC(OCC[N+](C)(C)C)C(=O)[O-]. The van der Waals surface area contributed by atoms with Crippen LogP contribution in [0.5, 0.6) is 0 Å².